The van der Waals surface area contributed by atoms with Crippen molar-refractivity contribution in [1.82, 2.24) is 10.2 Å². The monoisotopic (exact) mass is 335 g/mol. The molecule has 0 saturated carbocycles. The molecule has 7 heteroatoms. The van der Waals surface area contributed by atoms with E-state index in [4.69, 9.17) is 0 Å². The van der Waals surface area contributed by atoms with E-state index in [2.05, 4.69) is 5.32 Å². The highest BCUT2D eigenvalue weighted by molar-refractivity contribution is 7.08. The van der Waals surface area contributed by atoms with Crippen LogP contribution in [0.3, 0.4) is 0 Å². The van der Waals surface area contributed by atoms with E-state index in [0.29, 0.717) is 19.6 Å². The Kier molecular flexibility index (Phi) is 4.14. The normalized spacial score (nSPS) is 27.0. The lowest BCUT2D eigenvalue weighted by Crippen LogP contribution is -2.42. The largest absolute Gasteiger partial charge is 0.347 e. The van der Waals surface area contributed by atoms with Gasteiger partial charge in [0, 0.05) is 31.9 Å². The van der Waals surface area contributed by atoms with Gasteiger partial charge in [-0.3, -0.25) is 14.4 Å². The first-order valence-electron chi connectivity index (χ1n) is 7.80. The van der Waals surface area contributed by atoms with Crippen LogP contribution in [0.1, 0.15) is 20.3 Å². The molecule has 1 aromatic rings. The Morgan fingerprint density at radius 2 is 2.26 bits per heavy atom. The van der Waals surface area contributed by atoms with Crippen molar-refractivity contribution in [3.8, 4) is 0 Å². The van der Waals surface area contributed by atoms with Crippen molar-refractivity contribution in [3.63, 3.8) is 0 Å². The Labute approximate surface area is 139 Å². The first kappa shape index (κ1) is 16.0. The van der Waals surface area contributed by atoms with Crippen LogP contribution < -0.4 is 10.2 Å². The number of hydrogen-bond donors (Lipinski definition) is 1. The second-order valence-electron chi connectivity index (χ2n) is 6.43. The summed E-state index contributed by atoms with van der Waals surface area (Å²) in [5.41, 5.74) is 0.473. The summed E-state index contributed by atoms with van der Waals surface area (Å²) >= 11 is 1.58. The van der Waals surface area contributed by atoms with Gasteiger partial charge < -0.3 is 15.1 Å². The molecular weight excluding hydrogens is 314 g/mol. The Hall–Kier alpha value is -1.89. The maximum absolute atomic E-state index is 13.0. The number of thiophene rings is 1. The second-order valence-corrected chi connectivity index (χ2v) is 7.21. The predicted octanol–water partition coefficient (Wildman–Crippen LogP) is 1.09. The van der Waals surface area contributed by atoms with Gasteiger partial charge in [-0.15, -0.1) is 0 Å². The van der Waals surface area contributed by atoms with Gasteiger partial charge in [-0.1, -0.05) is 6.92 Å². The lowest BCUT2D eigenvalue weighted by molar-refractivity contribution is -0.132. The molecule has 2 saturated heterocycles. The maximum Gasteiger partial charge on any atom is 0.242 e. The van der Waals surface area contributed by atoms with E-state index in [9.17, 15) is 14.4 Å². The van der Waals surface area contributed by atoms with Crippen molar-refractivity contribution in [2.24, 2.45) is 11.3 Å². The number of anilines is 1. The molecule has 0 aliphatic carbocycles. The van der Waals surface area contributed by atoms with Gasteiger partial charge >= 0.3 is 0 Å². The number of carbonyl (C=O) groups is 3. The fraction of sp³-hybridized carbons (Fsp3) is 0.562. The molecule has 0 unspecified atom stereocenters. The van der Waals surface area contributed by atoms with Crippen LogP contribution >= 0.6 is 11.3 Å². The van der Waals surface area contributed by atoms with Gasteiger partial charge in [-0.05, 0) is 23.8 Å². The van der Waals surface area contributed by atoms with E-state index >= 15 is 0 Å². The number of carbonyl (C=O) groups excluding carboxylic acids is 3. The zero-order chi connectivity index (χ0) is 16.6. The fourth-order valence-corrected chi connectivity index (χ4v) is 4.26. The average molecular weight is 335 g/mol. The Morgan fingerprint density at radius 1 is 1.48 bits per heavy atom. The molecule has 0 aromatic carbocycles. The molecule has 1 spiro atoms. The molecular formula is C16H21N3O3S. The maximum atomic E-state index is 13.0. The van der Waals surface area contributed by atoms with Crippen LogP contribution in [-0.2, 0) is 14.4 Å². The van der Waals surface area contributed by atoms with E-state index in [0.717, 1.165) is 12.1 Å². The summed E-state index contributed by atoms with van der Waals surface area (Å²) in [5, 5.41) is 6.48. The SMILES string of the molecule is CC(=O)NCC(=O)N1C[C@@H](C)[C@@]2(CCN(c3ccsc3)C2=O)C1. The van der Waals surface area contributed by atoms with Crippen molar-refractivity contribution in [1.29, 1.82) is 0 Å². The van der Waals surface area contributed by atoms with Gasteiger partial charge in [0.25, 0.3) is 0 Å². The molecule has 2 fully saturated rings. The minimum absolute atomic E-state index is 0.000564. The average Bonchev–Trinajstić information content (AvgIpc) is 3.20. The predicted molar refractivity (Wildman–Crippen MR) is 88.1 cm³/mol. The molecule has 1 N–H and O–H groups in total. The van der Waals surface area contributed by atoms with Gasteiger partial charge in [-0.2, -0.15) is 11.3 Å². The molecule has 0 radical (unpaired) electrons. The molecule has 3 heterocycles. The third kappa shape index (κ3) is 2.73. The molecule has 3 rings (SSSR count). The van der Waals surface area contributed by atoms with Gasteiger partial charge in [0.05, 0.1) is 17.6 Å². The quantitative estimate of drug-likeness (QED) is 0.899. The number of nitrogens with zero attached hydrogens (tertiary/aromatic N) is 2. The first-order chi connectivity index (χ1) is 10.9. The van der Waals surface area contributed by atoms with Crippen LogP contribution in [0, 0.1) is 11.3 Å². The van der Waals surface area contributed by atoms with Crippen molar-refractivity contribution < 1.29 is 14.4 Å². The van der Waals surface area contributed by atoms with Gasteiger partial charge in [0.15, 0.2) is 0 Å². The molecule has 0 bridgehead atoms. The highest BCUT2D eigenvalue weighted by Crippen LogP contribution is 2.46. The van der Waals surface area contributed by atoms with Gasteiger partial charge in [0.2, 0.25) is 17.7 Å². The Bertz CT molecular complexity index is 631. The fourth-order valence-electron chi connectivity index (χ4n) is 3.62. The minimum Gasteiger partial charge on any atom is -0.347 e. The minimum atomic E-state index is -0.478. The molecule has 124 valence electrons. The molecule has 23 heavy (non-hydrogen) atoms. The van der Waals surface area contributed by atoms with Crippen molar-refractivity contribution >= 4 is 34.7 Å². The lowest BCUT2D eigenvalue weighted by Gasteiger charge is -2.26. The van der Waals surface area contributed by atoms with Crippen molar-refractivity contribution in [2.45, 2.75) is 20.3 Å². The van der Waals surface area contributed by atoms with Gasteiger partial charge in [0.1, 0.15) is 0 Å². The summed E-state index contributed by atoms with van der Waals surface area (Å²) in [7, 11) is 0. The van der Waals surface area contributed by atoms with Crippen LogP contribution in [0.2, 0.25) is 0 Å². The smallest absolute Gasteiger partial charge is 0.242 e. The number of nitrogens with one attached hydrogen (secondary N) is 1. The highest BCUT2D eigenvalue weighted by Gasteiger charge is 2.56. The number of likely N-dealkylation sites (tertiary alicyclic amines) is 1. The number of rotatable bonds is 3. The summed E-state index contributed by atoms with van der Waals surface area (Å²) in [5.74, 6) is -0.0928. The van der Waals surface area contributed by atoms with E-state index in [1.165, 1.54) is 6.92 Å². The standard InChI is InChI=1S/C16H21N3O3S/c1-11-8-18(14(21)7-17-12(2)20)10-16(11)4-5-19(15(16)22)13-3-6-23-9-13/h3,6,9,11H,4-5,7-8,10H2,1-2H3,(H,17,20)/t11-,16-/m1/s1. The van der Waals surface area contributed by atoms with Crippen LogP contribution in [-0.4, -0.2) is 48.8 Å². The summed E-state index contributed by atoms with van der Waals surface area (Å²) in [6.45, 7) is 5.16. The summed E-state index contributed by atoms with van der Waals surface area (Å²) in [6.07, 6.45) is 0.771. The Morgan fingerprint density at radius 3 is 2.91 bits per heavy atom. The van der Waals surface area contributed by atoms with E-state index in [1.54, 1.807) is 16.2 Å². The van der Waals surface area contributed by atoms with E-state index < -0.39 is 5.41 Å². The zero-order valence-electron chi connectivity index (χ0n) is 13.4. The lowest BCUT2D eigenvalue weighted by atomic mass is 9.78. The molecule has 2 aliphatic heterocycles. The molecule has 2 atom stereocenters. The van der Waals surface area contributed by atoms with Crippen LogP contribution in [0.4, 0.5) is 5.69 Å². The molecule has 1 aromatic heterocycles. The molecule has 3 amide bonds. The Balaban J connectivity index is 1.72. The van der Waals surface area contributed by atoms with E-state index in [-0.39, 0.29) is 30.2 Å². The second kappa shape index (κ2) is 5.96. The summed E-state index contributed by atoms with van der Waals surface area (Å²) in [4.78, 5) is 39.8. The first-order valence-corrected chi connectivity index (χ1v) is 8.75. The molecule has 2 aliphatic rings. The summed E-state index contributed by atoms with van der Waals surface area (Å²) < 4.78 is 0. The third-order valence-electron chi connectivity index (χ3n) is 5.02. The highest BCUT2D eigenvalue weighted by atomic mass is 32.1. The van der Waals surface area contributed by atoms with Crippen molar-refractivity contribution in [3.05, 3.63) is 16.8 Å². The van der Waals surface area contributed by atoms with Crippen LogP contribution in [0.5, 0.6) is 0 Å². The topological polar surface area (TPSA) is 69.7 Å². The van der Waals surface area contributed by atoms with Crippen molar-refractivity contribution in [2.75, 3.05) is 31.1 Å². The summed E-state index contributed by atoms with van der Waals surface area (Å²) in [6, 6.07) is 1.96. The zero-order valence-corrected chi connectivity index (χ0v) is 14.2. The number of amides is 3. The number of hydrogen-bond acceptors (Lipinski definition) is 4. The van der Waals surface area contributed by atoms with Gasteiger partial charge in [-0.25, -0.2) is 0 Å². The van der Waals surface area contributed by atoms with Crippen LogP contribution in [0.15, 0.2) is 16.8 Å². The molecule has 6 nitrogen and oxygen atoms in total. The van der Waals surface area contributed by atoms with E-state index in [1.807, 2.05) is 28.7 Å². The van der Waals surface area contributed by atoms with Crippen LogP contribution in [0.25, 0.3) is 0 Å². The third-order valence-corrected chi connectivity index (χ3v) is 5.69.